The topological polar surface area (TPSA) is 78.3 Å². The molecular formula is C22H30N4O3. The van der Waals surface area contributed by atoms with Gasteiger partial charge in [-0.05, 0) is 44.9 Å². The van der Waals surface area contributed by atoms with Gasteiger partial charge in [-0.1, -0.05) is 38.3 Å². The lowest BCUT2D eigenvalue weighted by Gasteiger charge is -2.28. The van der Waals surface area contributed by atoms with E-state index >= 15 is 0 Å². The molecule has 0 aliphatic carbocycles. The summed E-state index contributed by atoms with van der Waals surface area (Å²) in [5.74, 6) is 1.07. The molecule has 1 aliphatic rings. The van der Waals surface area contributed by atoms with Gasteiger partial charge < -0.3 is 14.8 Å². The zero-order valence-electron chi connectivity index (χ0n) is 17.6. The highest BCUT2D eigenvalue weighted by molar-refractivity contribution is 5.92. The summed E-state index contributed by atoms with van der Waals surface area (Å²) >= 11 is 0. The lowest BCUT2D eigenvalue weighted by atomic mass is 9.95. The van der Waals surface area contributed by atoms with E-state index in [-0.39, 0.29) is 12.1 Å². The number of anilines is 1. The minimum absolute atomic E-state index is 0.205. The van der Waals surface area contributed by atoms with Gasteiger partial charge >= 0.3 is 5.97 Å². The summed E-state index contributed by atoms with van der Waals surface area (Å²) in [6.45, 7) is 8.45. The molecule has 1 N–H and O–H groups in total. The number of carbonyl (C=O) groups excluding carboxylic acids is 1. The predicted molar refractivity (Wildman–Crippen MR) is 112 cm³/mol. The van der Waals surface area contributed by atoms with Gasteiger partial charge in [-0.3, -0.25) is 0 Å². The first-order valence-corrected chi connectivity index (χ1v) is 10.3. The second-order valence-electron chi connectivity index (χ2n) is 7.53. The van der Waals surface area contributed by atoms with Crippen molar-refractivity contribution in [3.8, 4) is 5.75 Å². The van der Waals surface area contributed by atoms with E-state index < -0.39 is 6.04 Å². The van der Waals surface area contributed by atoms with Crippen molar-refractivity contribution in [1.29, 1.82) is 0 Å². The second-order valence-corrected chi connectivity index (χ2v) is 7.53. The Hall–Kier alpha value is -2.83. The molecule has 0 saturated carbocycles. The molecule has 0 fully saturated rings. The highest BCUT2D eigenvalue weighted by Crippen LogP contribution is 2.35. The maximum Gasteiger partial charge on any atom is 0.338 e. The van der Waals surface area contributed by atoms with E-state index in [2.05, 4.69) is 22.3 Å². The average Bonchev–Trinajstić information content (AvgIpc) is 3.14. The predicted octanol–water partition coefficient (Wildman–Crippen LogP) is 4.48. The Morgan fingerprint density at radius 3 is 2.66 bits per heavy atom. The lowest BCUT2D eigenvalue weighted by Crippen LogP contribution is -2.30. The van der Waals surface area contributed by atoms with Gasteiger partial charge in [0.25, 0.3) is 0 Å². The van der Waals surface area contributed by atoms with Crippen molar-refractivity contribution in [2.45, 2.75) is 65.5 Å². The molecule has 1 aliphatic heterocycles. The normalized spacial score (nSPS) is 15.8. The second kappa shape index (κ2) is 9.58. The van der Waals surface area contributed by atoms with Crippen molar-refractivity contribution in [2.24, 2.45) is 0 Å². The summed E-state index contributed by atoms with van der Waals surface area (Å²) in [6, 6.07) is 7.42. The van der Waals surface area contributed by atoms with Crippen LogP contribution in [0.25, 0.3) is 0 Å². The summed E-state index contributed by atoms with van der Waals surface area (Å²) in [4.78, 5) is 17.1. The van der Waals surface area contributed by atoms with Gasteiger partial charge in [0.2, 0.25) is 5.95 Å². The van der Waals surface area contributed by atoms with Crippen LogP contribution in [0.2, 0.25) is 0 Å². The quantitative estimate of drug-likeness (QED) is 0.496. The largest absolute Gasteiger partial charge is 0.494 e. The number of aromatic nitrogens is 3. The molecule has 7 heteroatoms. The summed E-state index contributed by atoms with van der Waals surface area (Å²) in [6.07, 6.45) is 5.96. The summed E-state index contributed by atoms with van der Waals surface area (Å²) < 4.78 is 13.0. The van der Waals surface area contributed by atoms with Crippen LogP contribution in [-0.2, 0) is 9.53 Å². The third-order valence-corrected chi connectivity index (χ3v) is 4.82. The van der Waals surface area contributed by atoms with Crippen molar-refractivity contribution >= 4 is 11.9 Å². The van der Waals surface area contributed by atoms with Gasteiger partial charge in [-0.15, -0.1) is 0 Å². The number of ether oxygens (including phenoxy) is 2. The number of hydrogen-bond donors (Lipinski definition) is 1. The zero-order valence-corrected chi connectivity index (χ0v) is 17.6. The molecule has 1 aromatic carbocycles. The van der Waals surface area contributed by atoms with Crippen LogP contribution < -0.4 is 10.1 Å². The number of fused-ring (bicyclic) bond motifs is 1. The van der Waals surface area contributed by atoms with Crippen LogP contribution in [0.3, 0.4) is 0 Å². The van der Waals surface area contributed by atoms with Crippen molar-refractivity contribution in [3.05, 3.63) is 47.4 Å². The Morgan fingerprint density at radius 2 is 1.97 bits per heavy atom. The number of rotatable bonds is 9. The van der Waals surface area contributed by atoms with E-state index in [1.807, 2.05) is 45.0 Å². The van der Waals surface area contributed by atoms with Crippen LogP contribution in [0.15, 0.2) is 41.9 Å². The molecule has 1 unspecified atom stereocenters. The van der Waals surface area contributed by atoms with E-state index in [0.717, 1.165) is 23.4 Å². The number of nitrogens with zero attached hydrogens (tertiary/aromatic N) is 3. The molecule has 0 saturated heterocycles. The summed E-state index contributed by atoms with van der Waals surface area (Å²) in [7, 11) is 0. The van der Waals surface area contributed by atoms with Crippen LogP contribution in [-0.4, -0.2) is 33.4 Å². The van der Waals surface area contributed by atoms with Crippen LogP contribution in [0.4, 0.5) is 5.95 Å². The number of nitrogens with one attached hydrogen (secondary N) is 1. The smallest absolute Gasteiger partial charge is 0.338 e. The molecule has 0 radical (unpaired) electrons. The number of esters is 1. The van der Waals surface area contributed by atoms with Crippen molar-refractivity contribution in [3.63, 3.8) is 0 Å². The first kappa shape index (κ1) is 20.9. The number of hydrogen-bond acceptors (Lipinski definition) is 6. The number of benzene rings is 1. The van der Waals surface area contributed by atoms with Crippen molar-refractivity contribution < 1.29 is 14.3 Å². The van der Waals surface area contributed by atoms with Crippen molar-refractivity contribution in [2.75, 3.05) is 11.9 Å². The number of unbranched alkanes of at least 4 members (excludes halogenated alkanes) is 3. The lowest BCUT2D eigenvalue weighted by molar-refractivity contribution is -0.143. The molecule has 7 nitrogen and oxygen atoms in total. The molecule has 0 amide bonds. The average molecular weight is 399 g/mol. The fraction of sp³-hybridized carbons (Fsp3) is 0.500. The van der Waals surface area contributed by atoms with E-state index in [1.165, 1.54) is 25.6 Å². The van der Waals surface area contributed by atoms with E-state index in [9.17, 15) is 4.79 Å². The molecule has 3 rings (SSSR count). The Labute approximate surface area is 172 Å². The molecule has 2 aromatic rings. The molecular weight excluding hydrogens is 368 g/mol. The molecule has 156 valence electrons. The van der Waals surface area contributed by atoms with Gasteiger partial charge in [0.05, 0.1) is 18.3 Å². The van der Waals surface area contributed by atoms with Crippen LogP contribution in [0, 0.1) is 0 Å². The monoisotopic (exact) mass is 398 g/mol. The van der Waals surface area contributed by atoms with Gasteiger partial charge in [0.1, 0.15) is 18.1 Å². The summed E-state index contributed by atoms with van der Waals surface area (Å²) in [5, 5.41) is 7.47. The molecule has 1 atom stereocenters. The van der Waals surface area contributed by atoms with Crippen LogP contribution in [0.5, 0.6) is 5.75 Å². The Kier molecular flexibility index (Phi) is 6.90. The molecule has 1 aromatic heterocycles. The minimum atomic E-state index is -0.404. The van der Waals surface area contributed by atoms with E-state index in [0.29, 0.717) is 18.1 Å². The SMILES string of the molecule is CCCCCCOc1ccc(C2C(C(=O)OC(C)C)=C(C)Nc3ncnn32)cc1. The Bertz CT molecular complexity index is 855. The summed E-state index contributed by atoms with van der Waals surface area (Å²) in [5.41, 5.74) is 2.17. The molecule has 2 heterocycles. The van der Waals surface area contributed by atoms with Gasteiger partial charge in [0, 0.05) is 5.70 Å². The van der Waals surface area contributed by atoms with Crippen LogP contribution in [0.1, 0.15) is 65.0 Å². The number of allylic oxidation sites excluding steroid dienone is 1. The number of carbonyl (C=O) groups is 1. The third-order valence-electron chi connectivity index (χ3n) is 4.82. The van der Waals surface area contributed by atoms with Crippen molar-refractivity contribution in [1.82, 2.24) is 14.8 Å². The first-order chi connectivity index (χ1) is 14.0. The van der Waals surface area contributed by atoms with Gasteiger partial charge in [-0.2, -0.15) is 10.1 Å². The fourth-order valence-electron chi connectivity index (χ4n) is 3.41. The van der Waals surface area contributed by atoms with E-state index in [1.54, 1.807) is 4.68 Å². The molecule has 0 spiro atoms. The fourth-order valence-corrected chi connectivity index (χ4v) is 3.41. The maximum atomic E-state index is 12.8. The minimum Gasteiger partial charge on any atom is -0.494 e. The zero-order chi connectivity index (χ0) is 20.8. The highest BCUT2D eigenvalue weighted by atomic mass is 16.5. The van der Waals surface area contributed by atoms with Gasteiger partial charge in [-0.25, -0.2) is 9.48 Å². The van der Waals surface area contributed by atoms with Crippen LogP contribution >= 0.6 is 0 Å². The maximum absolute atomic E-state index is 12.8. The highest BCUT2D eigenvalue weighted by Gasteiger charge is 2.34. The Morgan fingerprint density at radius 1 is 1.21 bits per heavy atom. The standard InChI is InChI=1S/C22H30N4O3/c1-5-6-7-8-13-28-18-11-9-17(10-12-18)20-19(21(27)29-15(2)3)16(4)25-22-23-14-24-26(20)22/h9-12,14-15,20H,5-8,13H2,1-4H3,(H,23,24,25). The van der Waals surface area contributed by atoms with E-state index in [4.69, 9.17) is 9.47 Å². The first-order valence-electron chi connectivity index (χ1n) is 10.3. The third kappa shape index (κ3) is 4.96. The molecule has 29 heavy (non-hydrogen) atoms. The Balaban J connectivity index is 1.81. The van der Waals surface area contributed by atoms with Gasteiger partial charge in [0.15, 0.2) is 0 Å². The molecule has 0 bridgehead atoms.